The molecular formula is C14H27NO3. The van der Waals surface area contributed by atoms with E-state index in [1.165, 1.54) is 0 Å². The van der Waals surface area contributed by atoms with E-state index in [2.05, 4.69) is 12.2 Å². The van der Waals surface area contributed by atoms with Crippen LogP contribution in [-0.2, 0) is 9.59 Å². The van der Waals surface area contributed by atoms with Gasteiger partial charge in [-0.25, -0.2) is 4.79 Å². The molecule has 4 nitrogen and oxygen atoms in total. The normalized spacial score (nSPS) is 14.3. The van der Waals surface area contributed by atoms with Crippen LogP contribution in [0.1, 0.15) is 59.8 Å². The summed E-state index contributed by atoms with van der Waals surface area (Å²) in [5.74, 6) is -0.859. The van der Waals surface area contributed by atoms with Crippen LogP contribution < -0.4 is 5.32 Å². The second-order valence-electron chi connectivity index (χ2n) is 5.28. The fourth-order valence-electron chi connectivity index (χ4n) is 1.95. The van der Waals surface area contributed by atoms with Crippen molar-refractivity contribution in [2.45, 2.75) is 65.8 Å². The minimum absolute atomic E-state index is 0.0565. The number of carbonyl (C=O) groups is 2. The molecule has 0 aliphatic heterocycles. The van der Waals surface area contributed by atoms with Gasteiger partial charge in [-0.15, -0.1) is 0 Å². The number of unbranched alkanes of at least 4 members (excludes halogenated alkanes) is 1. The molecule has 1 unspecified atom stereocenters. The van der Waals surface area contributed by atoms with Crippen molar-refractivity contribution in [2.75, 3.05) is 0 Å². The molecule has 106 valence electrons. The third kappa shape index (κ3) is 6.62. The van der Waals surface area contributed by atoms with Crippen LogP contribution >= 0.6 is 0 Å². The second kappa shape index (κ2) is 8.95. The highest BCUT2D eigenvalue weighted by Crippen LogP contribution is 2.14. The Labute approximate surface area is 110 Å². The van der Waals surface area contributed by atoms with Gasteiger partial charge in [0.05, 0.1) is 0 Å². The molecule has 0 aromatic rings. The number of amides is 1. The van der Waals surface area contributed by atoms with Gasteiger partial charge in [-0.3, -0.25) is 4.79 Å². The van der Waals surface area contributed by atoms with Gasteiger partial charge in [0.2, 0.25) is 5.91 Å². The Bertz CT molecular complexity index is 264. The standard InChI is InChI=1S/C14H27NO3/c1-5-7-8-11(6-2)13(16)15-12(14(17)18)9-10(3)4/h10-12H,5-9H2,1-4H3,(H,15,16)(H,17,18)/t11?,12-/m1/s1. The van der Waals surface area contributed by atoms with Gasteiger partial charge in [0, 0.05) is 5.92 Å². The van der Waals surface area contributed by atoms with E-state index in [0.29, 0.717) is 6.42 Å². The lowest BCUT2D eigenvalue weighted by Gasteiger charge is -2.20. The molecule has 0 bridgehead atoms. The van der Waals surface area contributed by atoms with Crippen molar-refractivity contribution >= 4 is 11.9 Å². The number of aliphatic carboxylic acids is 1. The molecular weight excluding hydrogens is 230 g/mol. The topological polar surface area (TPSA) is 66.4 Å². The molecule has 18 heavy (non-hydrogen) atoms. The SMILES string of the molecule is CCCCC(CC)C(=O)N[C@H](CC(C)C)C(=O)O. The van der Waals surface area contributed by atoms with Crippen molar-refractivity contribution in [3.8, 4) is 0 Å². The van der Waals surface area contributed by atoms with E-state index in [0.717, 1.165) is 25.7 Å². The summed E-state index contributed by atoms with van der Waals surface area (Å²) in [5.41, 5.74) is 0. The van der Waals surface area contributed by atoms with E-state index < -0.39 is 12.0 Å². The van der Waals surface area contributed by atoms with Crippen LogP contribution in [0.25, 0.3) is 0 Å². The van der Waals surface area contributed by atoms with Gasteiger partial charge in [-0.2, -0.15) is 0 Å². The first kappa shape index (κ1) is 16.9. The Kier molecular flexibility index (Phi) is 8.42. The third-order valence-corrected chi connectivity index (χ3v) is 3.09. The average molecular weight is 257 g/mol. The summed E-state index contributed by atoms with van der Waals surface area (Å²) in [4.78, 5) is 23.1. The molecule has 0 saturated carbocycles. The van der Waals surface area contributed by atoms with Crippen LogP contribution in [0.5, 0.6) is 0 Å². The molecule has 0 fully saturated rings. The van der Waals surface area contributed by atoms with E-state index >= 15 is 0 Å². The second-order valence-corrected chi connectivity index (χ2v) is 5.28. The van der Waals surface area contributed by atoms with E-state index in [-0.39, 0.29) is 17.7 Å². The van der Waals surface area contributed by atoms with Crippen LogP contribution in [0.4, 0.5) is 0 Å². The van der Waals surface area contributed by atoms with Crippen LogP contribution in [0, 0.1) is 11.8 Å². The number of rotatable bonds is 9. The van der Waals surface area contributed by atoms with Crippen molar-refractivity contribution in [3.05, 3.63) is 0 Å². The Morgan fingerprint density at radius 2 is 1.83 bits per heavy atom. The van der Waals surface area contributed by atoms with Crippen LogP contribution in [0.2, 0.25) is 0 Å². The fourth-order valence-corrected chi connectivity index (χ4v) is 1.95. The van der Waals surface area contributed by atoms with Crippen molar-refractivity contribution < 1.29 is 14.7 Å². The van der Waals surface area contributed by atoms with Crippen molar-refractivity contribution in [2.24, 2.45) is 11.8 Å². The first-order valence-electron chi connectivity index (χ1n) is 6.95. The molecule has 2 atom stereocenters. The Morgan fingerprint density at radius 1 is 1.22 bits per heavy atom. The average Bonchev–Trinajstić information content (AvgIpc) is 2.28. The van der Waals surface area contributed by atoms with Gasteiger partial charge in [0.15, 0.2) is 0 Å². The molecule has 0 rings (SSSR count). The summed E-state index contributed by atoms with van der Waals surface area (Å²) in [5, 5.41) is 11.8. The highest BCUT2D eigenvalue weighted by molar-refractivity contribution is 5.84. The zero-order valence-corrected chi connectivity index (χ0v) is 12.0. The molecule has 2 N–H and O–H groups in total. The lowest BCUT2D eigenvalue weighted by Crippen LogP contribution is -2.44. The molecule has 0 radical (unpaired) electrons. The third-order valence-electron chi connectivity index (χ3n) is 3.09. The number of hydrogen-bond donors (Lipinski definition) is 2. The summed E-state index contributed by atoms with van der Waals surface area (Å²) in [6.07, 6.45) is 4.14. The van der Waals surface area contributed by atoms with Crippen molar-refractivity contribution in [1.29, 1.82) is 0 Å². The van der Waals surface area contributed by atoms with Gasteiger partial charge in [0.1, 0.15) is 6.04 Å². The number of carbonyl (C=O) groups excluding carboxylic acids is 1. The molecule has 0 aliphatic carbocycles. The zero-order chi connectivity index (χ0) is 14.1. The van der Waals surface area contributed by atoms with Crippen molar-refractivity contribution in [1.82, 2.24) is 5.32 Å². The minimum atomic E-state index is -0.942. The number of hydrogen-bond acceptors (Lipinski definition) is 2. The van der Waals surface area contributed by atoms with E-state index in [1.54, 1.807) is 0 Å². The summed E-state index contributed by atoms with van der Waals surface area (Å²) >= 11 is 0. The monoisotopic (exact) mass is 257 g/mol. The van der Waals surface area contributed by atoms with Crippen LogP contribution in [0.3, 0.4) is 0 Å². The predicted octanol–water partition coefficient (Wildman–Crippen LogP) is 2.82. The number of nitrogens with one attached hydrogen (secondary N) is 1. The maximum atomic E-state index is 12.0. The number of carboxylic acids is 1. The van der Waals surface area contributed by atoms with Crippen molar-refractivity contribution in [3.63, 3.8) is 0 Å². The molecule has 0 heterocycles. The maximum Gasteiger partial charge on any atom is 0.326 e. The summed E-state index contributed by atoms with van der Waals surface area (Å²) in [6, 6.07) is -0.756. The van der Waals surface area contributed by atoms with E-state index in [1.807, 2.05) is 20.8 Å². The molecule has 0 aromatic heterocycles. The molecule has 1 amide bonds. The smallest absolute Gasteiger partial charge is 0.326 e. The van der Waals surface area contributed by atoms with Gasteiger partial charge in [0.25, 0.3) is 0 Å². The molecule has 0 aromatic carbocycles. The Hall–Kier alpha value is -1.06. The molecule has 0 aliphatic rings. The molecule has 0 spiro atoms. The molecule has 0 saturated heterocycles. The predicted molar refractivity (Wildman–Crippen MR) is 72.3 cm³/mol. The first-order valence-corrected chi connectivity index (χ1v) is 6.95. The highest BCUT2D eigenvalue weighted by atomic mass is 16.4. The highest BCUT2D eigenvalue weighted by Gasteiger charge is 2.24. The summed E-state index contributed by atoms with van der Waals surface area (Å²) in [7, 11) is 0. The lowest BCUT2D eigenvalue weighted by atomic mass is 9.97. The fraction of sp³-hybridized carbons (Fsp3) is 0.857. The van der Waals surface area contributed by atoms with E-state index in [4.69, 9.17) is 5.11 Å². The van der Waals surface area contributed by atoms with E-state index in [9.17, 15) is 9.59 Å². The van der Waals surface area contributed by atoms with Gasteiger partial charge in [-0.1, -0.05) is 40.5 Å². The van der Waals surface area contributed by atoms with Crippen LogP contribution in [0.15, 0.2) is 0 Å². The number of carboxylic acid groups (broad SMARTS) is 1. The Balaban J connectivity index is 4.41. The van der Waals surface area contributed by atoms with Gasteiger partial charge >= 0.3 is 5.97 Å². The van der Waals surface area contributed by atoms with Gasteiger partial charge < -0.3 is 10.4 Å². The lowest BCUT2D eigenvalue weighted by molar-refractivity contribution is -0.143. The zero-order valence-electron chi connectivity index (χ0n) is 12.0. The van der Waals surface area contributed by atoms with Crippen LogP contribution in [-0.4, -0.2) is 23.0 Å². The maximum absolute atomic E-state index is 12.0. The summed E-state index contributed by atoms with van der Waals surface area (Å²) in [6.45, 7) is 7.97. The minimum Gasteiger partial charge on any atom is -0.480 e. The quantitative estimate of drug-likeness (QED) is 0.667. The van der Waals surface area contributed by atoms with Gasteiger partial charge in [-0.05, 0) is 25.2 Å². The first-order chi connectivity index (χ1) is 8.42. The Morgan fingerprint density at radius 3 is 2.22 bits per heavy atom. The summed E-state index contributed by atoms with van der Waals surface area (Å²) < 4.78 is 0. The molecule has 4 heteroatoms. The largest absolute Gasteiger partial charge is 0.480 e.